The van der Waals surface area contributed by atoms with Crippen LogP contribution in [0.4, 0.5) is 0 Å². The molecule has 1 heterocycles. The molecule has 1 unspecified atom stereocenters. The summed E-state index contributed by atoms with van der Waals surface area (Å²) in [5.41, 5.74) is 9.37. The molecule has 0 aromatic heterocycles. The number of amides is 2. The second kappa shape index (κ2) is 7.06. The van der Waals surface area contributed by atoms with Gasteiger partial charge in [-0.2, -0.15) is 0 Å². The molecule has 145 valence electrons. The van der Waals surface area contributed by atoms with E-state index in [1.165, 1.54) is 18.4 Å². The van der Waals surface area contributed by atoms with E-state index in [1.807, 2.05) is 6.07 Å². The highest BCUT2D eigenvalue weighted by molar-refractivity contribution is 6.04. The standard InChI is InChI=1S/C23H26N3O2/c1-25(2)13-12-23(10-11-23)17-7-5-6-16(14-17)15-26-20(21(24)27)18-8-3-4-9-19(18)22(26)28/h3-8,14,20H,10-13,15H2,1-2H3,(H2,24,27). The molecule has 0 spiro atoms. The van der Waals surface area contributed by atoms with Crippen molar-refractivity contribution >= 4 is 11.8 Å². The molecule has 2 N–H and O–H groups in total. The van der Waals surface area contributed by atoms with Crippen LogP contribution in [0.15, 0.2) is 42.5 Å². The Labute approximate surface area is 166 Å². The van der Waals surface area contributed by atoms with Crippen molar-refractivity contribution in [3.63, 3.8) is 0 Å². The predicted octanol–water partition coefficient (Wildman–Crippen LogP) is 2.65. The van der Waals surface area contributed by atoms with Crippen LogP contribution < -0.4 is 5.73 Å². The molecule has 1 aliphatic carbocycles. The zero-order chi connectivity index (χ0) is 19.9. The van der Waals surface area contributed by atoms with Gasteiger partial charge in [-0.25, -0.2) is 0 Å². The number of hydrogen-bond acceptors (Lipinski definition) is 3. The van der Waals surface area contributed by atoms with Gasteiger partial charge in [0.15, 0.2) is 0 Å². The van der Waals surface area contributed by atoms with Crippen molar-refractivity contribution in [3.05, 3.63) is 70.8 Å². The van der Waals surface area contributed by atoms with Crippen LogP contribution in [-0.4, -0.2) is 42.3 Å². The number of carbonyl (C=O) groups is 2. The van der Waals surface area contributed by atoms with Gasteiger partial charge in [0, 0.05) is 6.54 Å². The first-order valence-electron chi connectivity index (χ1n) is 9.76. The number of hydrogen-bond donors (Lipinski definition) is 1. The number of rotatable bonds is 7. The molecule has 1 saturated carbocycles. The molecule has 2 aliphatic rings. The number of nitrogens with zero attached hydrogens (tertiary/aromatic N) is 2. The van der Waals surface area contributed by atoms with E-state index < -0.39 is 11.9 Å². The second-order valence-corrected chi connectivity index (χ2v) is 8.27. The Morgan fingerprint density at radius 1 is 1.29 bits per heavy atom. The molecule has 2 amide bonds. The van der Waals surface area contributed by atoms with Crippen LogP contribution in [0.25, 0.3) is 0 Å². The largest absolute Gasteiger partial charge is 0.368 e. The fourth-order valence-corrected chi connectivity index (χ4v) is 4.23. The molecule has 2 aromatic rings. The zero-order valence-electron chi connectivity index (χ0n) is 16.4. The molecule has 4 rings (SSSR count). The number of carbonyl (C=O) groups excluding carboxylic acids is 2. The summed E-state index contributed by atoms with van der Waals surface area (Å²) in [5.74, 6) is -0.689. The van der Waals surface area contributed by atoms with Crippen molar-refractivity contribution in [2.24, 2.45) is 5.73 Å². The highest BCUT2D eigenvalue weighted by Crippen LogP contribution is 2.51. The molecule has 1 radical (unpaired) electrons. The summed E-state index contributed by atoms with van der Waals surface area (Å²) >= 11 is 0. The van der Waals surface area contributed by atoms with E-state index in [0.717, 1.165) is 18.5 Å². The monoisotopic (exact) mass is 376 g/mol. The minimum atomic E-state index is -0.729. The van der Waals surface area contributed by atoms with Crippen molar-refractivity contribution in [2.45, 2.75) is 37.3 Å². The van der Waals surface area contributed by atoms with Crippen molar-refractivity contribution < 1.29 is 9.59 Å². The lowest BCUT2D eigenvalue weighted by Gasteiger charge is -2.24. The molecule has 1 fully saturated rings. The zero-order valence-corrected chi connectivity index (χ0v) is 16.4. The van der Waals surface area contributed by atoms with Crippen LogP contribution >= 0.6 is 0 Å². The quantitative estimate of drug-likeness (QED) is 0.808. The fourth-order valence-electron chi connectivity index (χ4n) is 4.23. The van der Waals surface area contributed by atoms with Gasteiger partial charge in [-0.1, -0.05) is 42.5 Å². The second-order valence-electron chi connectivity index (χ2n) is 8.27. The van der Waals surface area contributed by atoms with E-state index in [4.69, 9.17) is 5.73 Å². The summed E-state index contributed by atoms with van der Waals surface area (Å²) in [5, 5.41) is 0. The highest BCUT2D eigenvalue weighted by atomic mass is 16.2. The van der Waals surface area contributed by atoms with Crippen LogP contribution in [0, 0.1) is 6.07 Å². The third-order valence-corrected chi connectivity index (χ3v) is 6.02. The minimum absolute atomic E-state index is 0.182. The fraction of sp³-hybridized carbons (Fsp3) is 0.391. The van der Waals surface area contributed by atoms with Crippen LogP contribution in [0.2, 0.25) is 0 Å². The van der Waals surface area contributed by atoms with Crippen LogP contribution in [0.5, 0.6) is 0 Å². The van der Waals surface area contributed by atoms with Gasteiger partial charge < -0.3 is 15.5 Å². The SMILES string of the molecule is CN(C)CCC1(c2cccc(CN3C(=O)c4[c]cccc4C3C(N)=O)c2)CC1. The summed E-state index contributed by atoms with van der Waals surface area (Å²) in [6.45, 7) is 1.43. The molecule has 5 heteroatoms. The van der Waals surface area contributed by atoms with Gasteiger partial charge in [-0.05, 0) is 68.1 Å². The normalized spacial score (nSPS) is 19.8. The maximum absolute atomic E-state index is 12.9. The average molecular weight is 376 g/mol. The van der Waals surface area contributed by atoms with Crippen molar-refractivity contribution in [1.82, 2.24) is 9.80 Å². The molecule has 5 nitrogen and oxygen atoms in total. The third-order valence-electron chi connectivity index (χ3n) is 6.02. The van der Waals surface area contributed by atoms with Gasteiger partial charge >= 0.3 is 0 Å². The van der Waals surface area contributed by atoms with Gasteiger partial charge in [0.2, 0.25) is 5.91 Å². The molecule has 1 atom stereocenters. The summed E-state index contributed by atoms with van der Waals surface area (Å²) < 4.78 is 0. The number of benzene rings is 2. The van der Waals surface area contributed by atoms with Gasteiger partial charge in [0.25, 0.3) is 5.91 Å². The van der Waals surface area contributed by atoms with Crippen LogP contribution in [0.3, 0.4) is 0 Å². The Morgan fingerprint density at radius 2 is 2.07 bits per heavy atom. The molecule has 28 heavy (non-hydrogen) atoms. The van der Waals surface area contributed by atoms with E-state index in [-0.39, 0.29) is 11.3 Å². The Bertz CT molecular complexity index is 918. The molecular formula is C23H26N3O2. The Kier molecular flexibility index (Phi) is 4.71. The molecule has 0 bridgehead atoms. The van der Waals surface area contributed by atoms with Crippen molar-refractivity contribution in [3.8, 4) is 0 Å². The van der Waals surface area contributed by atoms with E-state index in [1.54, 1.807) is 23.1 Å². The molecule has 1 aliphatic heterocycles. The van der Waals surface area contributed by atoms with Gasteiger partial charge in [0.1, 0.15) is 6.04 Å². The van der Waals surface area contributed by atoms with E-state index in [2.05, 4.69) is 43.3 Å². The minimum Gasteiger partial charge on any atom is -0.368 e. The van der Waals surface area contributed by atoms with E-state index >= 15 is 0 Å². The van der Waals surface area contributed by atoms with Crippen molar-refractivity contribution in [2.75, 3.05) is 20.6 Å². The first-order valence-corrected chi connectivity index (χ1v) is 9.76. The highest BCUT2D eigenvalue weighted by Gasteiger charge is 2.44. The van der Waals surface area contributed by atoms with Gasteiger partial charge in [-0.3, -0.25) is 9.59 Å². The lowest BCUT2D eigenvalue weighted by molar-refractivity contribution is -0.122. The topological polar surface area (TPSA) is 66.6 Å². The summed E-state index contributed by atoms with van der Waals surface area (Å²) in [7, 11) is 4.20. The summed E-state index contributed by atoms with van der Waals surface area (Å²) in [6.07, 6.45) is 3.55. The summed E-state index contributed by atoms with van der Waals surface area (Å²) in [4.78, 5) is 28.8. The van der Waals surface area contributed by atoms with Gasteiger partial charge in [0.05, 0.1) is 5.56 Å². The Hall–Kier alpha value is -2.66. The Morgan fingerprint density at radius 3 is 2.75 bits per heavy atom. The lowest BCUT2D eigenvalue weighted by Crippen LogP contribution is -2.35. The smallest absolute Gasteiger partial charge is 0.256 e. The predicted molar refractivity (Wildman–Crippen MR) is 108 cm³/mol. The number of nitrogens with two attached hydrogens (primary N) is 1. The van der Waals surface area contributed by atoms with Crippen LogP contribution in [-0.2, 0) is 16.8 Å². The third kappa shape index (κ3) is 3.31. The maximum Gasteiger partial charge on any atom is 0.256 e. The molecule has 0 saturated heterocycles. The maximum atomic E-state index is 12.9. The first-order chi connectivity index (χ1) is 13.4. The molecule has 2 aromatic carbocycles. The Balaban J connectivity index is 1.58. The van der Waals surface area contributed by atoms with Crippen molar-refractivity contribution in [1.29, 1.82) is 0 Å². The first kappa shape index (κ1) is 18.7. The van der Waals surface area contributed by atoms with Gasteiger partial charge in [-0.15, -0.1) is 0 Å². The van der Waals surface area contributed by atoms with E-state index in [0.29, 0.717) is 17.7 Å². The number of primary amides is 1. The van der Waals surface area contributed by atoms with Crippen LogP contribution in [0.1, 0.15) is 52.4 Å². The lowest BCUT2D eigenvalue weighted by atomic mass is 9.91. The summed E-state index contributed by atoms with van der Waals surface area (Å²) in [6, 6.07) is 16.0. The van der Waals surface area contributed by atoms with E-state index in [9.17, 15) is 9.59 Å². The molecular weight excluding hydrogens is 350 g/mol. The average Bonchev–Trinajstić information content (AvgIpc) is 3.42. The number of fused-ring (bicyclic) bond motifs is 1.